The summed E-state index contributed by atoms with van der Waals surface area (Å²) < 4.78 is 28.4. The van der Waals surface area contributed by atoms with E-state index in [1.807, 2.05) is 13.0 Å². The smallest absolute Gasteiger partial charge is 0.264 e. The number of carbonyl (C=O) groups is 1. The lowest BCUT2D eigenvalue weighted by Gasteiger charge is -2.14. The zero-order valence-electron chi connectivity index (χ0n) is 15.0. The molecule has 3 aromatic rings. The van der Waals surface area contributed by atoms with Crippen LogP contribution in [0.25, 0.3) is 10.9 Å². The summed E-state index contributed by atoms with van der Waals surface area (Å²) >= 11 is 6.15. The standard InChI is InChI=1S/C19H18ClN3O3S/c1-12-9-13-5-4-6-17(18(13)21-11-12)27(25,26)22-16-10-14(7-8-15(16)20)19(24)23(2)3/h4-11,22H,1-3H3. The maximum absolute atomic E-state index is 13.0. The number of nitrogens with one attached hydrogen (secondary N) is 1. The number of anilines is 1. The van der Waals surface area contributed by atoms with E-state index in [1.54, 1.807) is 38.5 Å². The number of para-hydroxylation sites is 1. The summed E-state index contributed by atoms with van der Waals surface area (Å²) in [5.74, 6) is -0.255. The highest BCUT2D eigenvalue weighted by molar-refractivity contribution is 7.93. The molecule has 0 saturated heterocycles. The number of carbonyl (C=O) groups excluding carboxylic acids is 1. The van der Waals surface area contributed by atoms with Crippen molar-refractivity contribution in [2.45, 2.75) is 11.8 Å². The van der Waals surface area contributed by atoms with Gasteiger partial charge in [-0.3, -0.25) is 14.5 Å². The molecule has 0 spiro atoms. The SMILES string of the molecule is Cc1cnc2c(S(=O)(=O)Nc3cc(C(=O)N(C)C)ccc3Cl)cccc2c1. The van der Waals surface area contributed by atoms with E-state index in [4.69, 9.17) is 11.6 Å². The Bertz CT molecular complexity index is 1140. The fourth-order valence-corrected chi connectivity index (χ4v) is 4.13. The van der Waals surface area contributed by atoms with Crippen molar-refractivity contribution in [1.82, 2.24) is 9.88 Å². The number of benzene rings is 2. The molecule has 140 valence electrons. The fraction of sp³-hybridized carbons (Fsp3) is 0.158. The number of pyridine rings is 1. The number of sulfonamides is 1. The Morgan fingerprint density at radius 1 is 1.15 bits per heavy atom. The van der Waals surface area contributed by atoms with Crippen LogP contribution in [0.2, 0.25) is 5.02 Å². The van der Waals surface area contributed by atoms with Crippen molar-refractivity contribution < 1.29 is 13.2 Å². The Balaban J connectivity index is 2.06. The minimum absolute atomic E-state index is 0.0420. The van der Waals surface area contributed by atoms with Crippen LogP contribution in [-0.4, -0.2) is 38.3 Å². The Kier molecular flexibility index (Phi) is 5.08. The summed E-state index contributed by atoms with van der Waals surface area (Å²) in [5, 5.41) is 0.915. The normalized spacial score (nSPS) is 11.4. The molecular weight excluding hydrogens is 386 g/mol. The lowest BCUT2D eigenvalue weighted by atomic mass is 10.2. The third-order valence-electron chi connectivity index (χ3n) is 3.96. The number of nitrogens with zero attached hydrogens (tertiary/aromatic N) is 2. The third-order valence-corrected chi connectivity index (χ3v) is 5.69. The lowest BCUT2D eigenvalue weighted by Crippen LogP contribution is -2.22. The van der Waals surface area contributed by atoms with E-state index in [-0.39, 0.29) is 21.5 Å². The average Bonchev–Trinajstić information content (AvgIpc) is 2.61. The second kappa shape index (κ2) is 7.17. The summed E-state index contributed by atoms with van der Waals surface area (Å²) in [6.45, 7) is 1.89. The van der Waals surface area contributed by atoms with Crippen LogP contribution in [0.1, 0.15) is 15.9 Å². The number of aryl methyl sites for hydroxylation is 1. The van der Waals surface area contributed by atoms with Crippen molar-refractivity contribution >= 4 is 44.1 Å². The number of rotatable bonds is 4. The van der Waals surface area contributed by atoms with Crippen LogP contribution in [0.15, 0.2) is 53.6 Å². The molecule has 0 aliphatic carbocycles. The van der Waals surface area contributed by atoms with Crippen LogP contribution in [0.3, 0.4) is 0 Å². The predicted molar refractivity (Wildman–Crippen MR) is 107 cm³/mol. The van der Waals surface area contributed by atoms with Gasteiger partial charge in [-0.1, -0.05) is 23.7 Å². The van der Waals surface area contributed by atoms with Crippen molar-refractivity contribution in [3.8, 4) is 0 Å². The molecule has 0 radical (unpaired) electrons. The molecule has 1 N–H and O–H groups in total. The van der Waals surface area contributed by atoms with Gasteiger partial charge in [-0.25, -0.2) is 8.42 Å². The van der Waals surface area contributed by atoms with Crippen molar-refractivity contribution in [3.05, 3.63) is 64.8 Å². The fourth-order valence-electron chi connectivity index (χ4n) is 2.65. The molecule has 0 saturated carbocycles. The highest BCUT2D eigenvalue weighted by Crippen LogP contribution is 2.28. The summed E-state index contributed by atoms with van der Waals surface area (Å²) in [7, 11) is -0.729. The molecule has 1 aromatic heterocycles. The summed E-state index contributed by atoms with van der Waals surface area (Å²) in [5.41, 5.74) is 1.76. The second-order valence-electron chi connectivity index (χ2n) is 6.34. The number of amides is 1. The van der Waals surface area contributed by atoms with Gasteiger partial charge < -0.3 is 4.90 Å². The third kappa shape index (κ3) is 3.89. The molecule has 3 rings (SSSR count). The zero-order chi connectivity index (χ0) is 19.8. The van der Waals surface area contributed by atoms with Crippen LogP contribution < -0.4 is 4.72 Å². The van der Waals surface area contributed by atoms with E-state index in [2.05, 4.69) is 9.71 Å². The molecule has 0 bridgehead atoms. The molecule has 2 aromatic carbocycles. The van der Waals surface area contributed by atoms with Crippen molar-refractivity contribution in [3.63, 3.8) is 0 Å². The number of hydrogen-bond acceptors (Lipinski definition) is 4. The summed E-state index contributed by atoms with van der Waals surface area (Å²) in [4.78, 5) is 17.9. The quantitative estimate of drug-likeness (QED) is 0.720. The predicted octanol–water partition coefficient (Wildman–Crippen LogP) is 3.70. The van der Waals surface area contributed by atoms with Crippen LogP contribution in [-0.2, 0) is 10.0 Å². The van der Waals surface area contributed by atoms with Crippen molar-refractivity contribution in [2.75, 3.05) is 18.8 Å². The van der Waals surface area contributed by atoms with Gasteiger partial charge in [0.1, 0.15) is 4.90 Å². The van der Waals surface area contributed by atoms with Gasteiger partial charge in [0.25, 0.3) is 15.9 Å². The largest absolute Gasteiger partial charge is 0.345 e. The summed E-state index contributed by atoms with van der Waals surface area (Å²) in [6, 6.07) is 11.3. The number of aromatic nitrogens is 1. The first-order valence-electron chi connectivity index (χ1n) is 8.08. The maximum atomic E-state index is 13.0. The zero-order valence-corrected chi connectivity index (χ0v) is 16.6. The van der Waals surface area contributed by atoms with Gasteiger partial charge in [-0.2, -0.15) is 0 Å². The van der Waals surface area contributed by atoms with E-state index in [0.29, 0.717) is 11.1 Å². The van der Waals surface area contributed by atoms with E-state index < -0.39 is 10.0 Å². The number of halogens is 1. The molecule has 0 aliphatic rings. The Hall–Kier alpha value is -2.64. The summed E-state index contributed by atoms with van der Waals surface area (Å²) in [6.07, 6.45) is 1.62. The van der Waals surface area contributed by atoms with E-state index in [0.717, 1.165) is 10.9 Å². The Labute approximate surface area is 162 Å². The van der Waals surface area contributed by atoms with Crippen molar-refractivity contribution in [2.24, 2.45) is 0 Å². The van der Waals surface area contributed by atoms with Gasteiger partial charge in [-0.15, -0.1) is 0 Å². The first-order valence-corrected chi connectivity index (χ1v) is 9.94. The van der Waals surface area contributed by atoms with Gasteiger partial charge in [-0.05, 0) is 42.8 Å². The Morgan fingerprint density at radius 2 is 1.89 bits per heavy atom. The molecule has 0 atom stereocenters. The minimum atomic E-state index is -3.96. The van der Waals surface area contributed by atoms with Crippen LogP contribution >= 0.6 is 11.6 Å². The second-order valence-corrected chi connectivity index (χ2v) is 8.40. The topological polar surface area (TPSA) is 79.4 Å². The molecule has 6 nitrogen and oxygen atoms in total. The molecular formula is C19H18ClN3O3S. The number of hydrogen-bond donors (Lipinski definition) is 1. The molecule has 1 amide bonds. The Morgan fingerprint density at radius 3 is 2.59 bits per heavy atom. The van der Waals surface area contributed by atoms with Gasteiger partial charge in [0.15, 0.2) is 0 Å². The first-order chi connectivity index (χ1) is 12.7. The highest BCUT2D eigenvalue weighted by Gasteiger charge is 2.21. The van der Waals surface area contributed by atoms with E-state index in [1.165, 1.54) is 23.1 Å². The molecule has 8 heteroatoms. The first kappa shape index (κ1) is 19.1. The number of fused-ring (bicyclic) bond motifs is 1. The monoisotopic (exact) mass is 403 g/mol. The average molecular weight is 404 g/mol. The molecule has 27 heavy (non-hydrogen) atoms. The molecule has 0 unspecified atom stereocenters. The van der Waals surface area contributed by atoms with Crippen LogP contribution in [0.5, 0.6) is 0 Å². The van der Waals surface area contributed by atoms with Crippen LogP contribution in [0, 0.1) is 6.92 Å². The molecule has 0 fully saturated rings. The van der Waals surface area contributed by atoms with Crippen molar-refractivity contribution in [1.29, 1.82) is 0 Å². The highest BCUT2D eigenvalue weighted by atomic mass is 35.5. The molecule has 1 heterocycles. The van der Waals surface area contributed by atoms with Gasteiger partial charge in [0, 0.05) is 31.2 Å². The minimum Gasteiger partial charge on any atom is -0.345 e. The van der Waals surface area contributed by atoms with Gasteiger partial charge in [0.2, 0.25) is 0 Å². The van der Waals surface area contributed by atoms with Gasteiger partial charge in [0.05, 0.1) is 16.2 Å². The van der Waals surface area contributed by atoms with Crippen LogP contribution in [0.4, 0.5) is 5.69 Å². The van der Waals surface area contributed by atoms with E-state index in [9.17, 15) is 13.2 Å². The van der Waals surface area contributed by atoms with E-state index >= 15 is 0 Å². The maximum Gasteiger partial charge on any atom is 0.264 e. The van der Waals surface area contributed by atoms with Gasteiger partial charge >= 0.3 is 0 Å². The lowest BCUT2D eigenvalue weighted by molar-refractivity contribution is 0.0827. The molecule has 0 aliphatic heterocycles.